The molecule has 0 aliphatic carbocycles. The zero-order valence-electron chi connectivity index (χ0n) is 15.6. The van der Waals surface area contributed by atoms with Gasteiger partial charge in [-0.3, -0.25) is 9.52 Å². The first-order valence-corrected chi connectivity index (χ1v) is 11.6. The first-order valence-electron chi connectivity index (χ1n) is 9.28. The van der Waals surface area contributed by atoms with Crippen molar-refractivity contribution in [2.24, 2.45) is 0 Å². The predicted molar refractivity (Wildman–Crippen MR) is 116 cm³/mol. The summed E-state index contributed by atoms with van der Waals surface area (Å²) in [6.45, 7) is 1.33. The molecule has 1 aromatic heterocycles. The molecule has 1 aliphatic heterocycles. The highest BCUT2D eigenvalue weighted by molar-refractivity contribution is 7.94. The van der Waals surface area contributed by atoms with Crippen molar-refractivity contribution >= 4 is 38.6 Å². The minimum Gasteiger partial charge on any atom is -0.380 e. The smallest absolute Gasteiger partial charge is 0.271 e. The fraction of sp³-hybridized carbons (Fsp3) is 0.190. The Labute approximate surface area is 174 Å². The number of nitrogens with zero attached hydrogens (tertiary/aromatic N) is 1. The summed E-state index contributed by atoms with van der Waals surface area (Å²) < 4.78 is 27.4. The quantitative estimate of drug-likeness (QED) is 0.626. The summed E-state index contributed by atoms with van der Waals surface area (Å²) in [4.78, 5) is 14.6. The third kappa shape index (κ3) is 4.60. The van der Waals surface area contributed by atoms with Crippen LogP contribution in [0.15, 0.2) is 76.3 Å². The number of likely N-dealkylation sites (tertiary alicyclic amines) is 1. The van der Waals surface area contributed by atoms with Crippen molar-refractivity contribution < 1.29 is 13.2 Å². The van der Waals surface area contributed by atoms with Gasteiger partial charge in [-0.15, -0.1) is 11.3 Å². The molecule has 0 saturated carbocycles. The van der Waals surface area contributed by atoms with E-state index in [1.54, 1.807) is 41.8 Å². The number of carbonyl (C=O) groups is 1. The number of hydrogen-bond acceptors (Lipinski definition) is 5. The molecule has 1 atom stereocenters. The van der Waals surface area contributed by atoms with Gasteiger partial charge in [-0.05, 0) is 54.3 Å². The molecule has 1 amide bonds. The molecule has 1 unspecified atom stereocenters. The molecular weight excluding hydrogens is 406 g/mol. The second kappa shape index (κ2) is 8.26. The Morgan fingerprint density at radius 3 is 2.41 bits per heavy atom. The van der Waals surface area contributed by atoms with Crippen LogP contribution in [0.1, 0.15) is 16.8 Å². The first kappa shape index (κ1) is 19.5. The predicted octanol–water partition coefficient (Wildman–Crippen LogP) is 3.88. The molecule has 1 saturated heterocycles. The van der Waals surface area contributed by atoms with Gasteiger partial charge in [-0.1, -0.05) is 24.3 Å². The normalized spacial score (nSPS) is 16.6. The second-order valence-corrected chi connectivity index (χ2v) is 9.72. The van der Waals surface area contributed by atoms with Crippen LogP contribution in [0.3, 0.4) is 0 Å². The molecule has 6 nitrogen and oxygen atoms in total. The Morgan fingerprint density at radius 2 is 1.72 bits per heavy atom. The molecule has 0 radical (unpaired) electrons. The van der Waals surface area contributed by atoms with Gasteiger partial charge in [0.2, 0.25) is 0 Å². The van der Waals surface area contributed by atoms with Crippen LogP contribution in [0.25, 0.3) is 0 Å². The molecule has 3 aromatic rings. The van der Waals surface area contributed by atoms with Gasteiger partial charge in [0.15, 0.2) is 0 Å². The molecule has 2 aromatic carbocycles. The van der Waals surface area contributed by atoms with Gasteiger partial charge < -0.3 is 10.2 Å². The molecule has 1 aliphatic rings. The van der Waals surface area contributed by atoms with Gasteiger partial charge in [0.25, 0.3) is 15.9 Å². The maximum Gasteiger partial charge on any atom is 0.271 e. The van der Waals surface area contributed by atoms with E-state index in [1.165, 1.54) is 0 Å². The number of nitrogens with one attached hydrogen (secondary N) is 2. The molecule has 150 valence electrons. The maximum absolute atomic E-state index is 12.8. The van der Waals surface area contributed by atoms with Crippen LogP contribution < -0.4 is 10.0 Å². The van der Waals surface area contributed by atoms with Crippen molar-refractivity contribution in [2.75, 3.05) is 23.1 Å². The van der Waals surface area contributed by atoms with E-state index < -0.39 is 10.0 Å². The van der Waals surface area contributed by atoms with E-state index in [2.05, 4.69) is 10.0 Å². The Kier molecular flexibility index (Phi) is 5.55. The molecule has 29 heavy (non-hydrogen) atoms. The Morgan fingerprint density at radius 1 is 0.966 bits per heavy atom. The molecular formula is C21H21N3O3S2. The van der Waals surface area contributed by atoms with E-state index in [0.717, 1.165) is 23.4 Å². The minimum atomic E-state index is -3.59. The fourth-order valence-electron chi connectivity index (χ4n) is 3.32. The topological polar surface area (TPSA) is 78.5 Å². The number of thiophene rings is 1. The van der Waals surface area contributed by atoms with Crippen molar-refractivity contribution in [2.45, 2.75) is 16.7 Å². The number of carbonyl (C=O) groups excluding carboxylic acids is 1. The SMILES string of the molecule is O=C(c1ccc(NS(=O)(=O)c2cccs2)cc1)N1CCC(Nc2ccccc2)C1. The number of para-hydroxylation sites is 1. The molecule has 8 heteroatoms. The summed E-state index contributed by atoms with van der Waals surface area (Å²) in [5.41, 5.74) is 2.03. The van der Waals surface area contributed by atoms with Crippen LogP contribution in [-0.4, -0.2) is 38.4 Å². The van der Waals surface area contributed by atoms with Gasteiger partial charge in [-0.2, -0.15) is 0 Å². The number of amides is 1. The Bertz CT molecular complexity index is 1070. The fourth-order valence-corrected chi connectivity index (χ4v) is 5.37. The highest BCUT2D eigenvalue weighted by Crippen LogP contribution is 2.22. The van der Waals surface area contributed by atoms with Crippen LogP contribution in [0.5, 0.6) is 0 Å². The van der Waals surface area contributed by atoms with E-state index in [9.17, 15) is 13.2 Å². The lowest BCUT2D eigenvalue weighted by Gasteiger charge is -2.18. The zero-order chi connectivity index (χ0) is 20.3. The van der Waals surface area contributed by atoms with Crippen molar-refractivity contribution in [3.8, 4) is 0 Å². The highest BCUT2D eigenvalue weighted by Gasteiger charge is 2.27. The Hall–Kier alpha value is -2.84. The lowest BCUT2D eigenvalue weighted by atomic mass is 10.2. The number of sulfonamides is 1. The number of rotatable bonds is 6. The third-order valence-electron chi connectivity index (χ3n) is 4.76. The van der Waals surface area contributed by atoms with Gasteiger partial charge in [0, 0.05) is 36.1 Å². The lowest BCUT2D eigenvalue weighted by molar-refractivity contribution is 0.0791. The summed E-state index contributed by atoms with van der Waals surface area (Å²) in [7, 11) is -3.59. The number of hydrogen-bond donors (Lipinski definition) is 2. The number of anilines is 2. The van der Waals surface area contributed by atoms with Crippen molar-refractivity contribution in [3.05, 3.63) is 77.7 Å². The van der Waals surface area contributed by atoms with Crippen LogP contribution in [0, 0.1) is 0 Å². The van der Waals surface area contributed by atoms with E-state index in [0.29, 0.717) is 24.3 Å². The molecule has 0 bridgehead atoms. The van der Waals surface area contributed by atoms with Gasteiger partial charge in [0.05, 0.1) is 0 Å². The summed E-state index contributed by atoms with van der Waals surface area (Å²) in [6.07, 6.45) is 0.888. The van der Waals surface area contributed by atoms with Gasteiger partial charge >= 0.3 is 0 Å². The average Bonchev–Trinajstić information content (AvgIpc) is 3.41. The summed E-state index contributed by atoms with van der Waals surface area (Å²) in [5.74, 6) is -0.0463. The molecule has 2 heterocycles. The maximum atomic E-state index is 12.8. The number of benzene rings is 2. The summed E-state index contributed by atoms with van der Waals surface area (Å²) >= 11 is 1.16. The zero-order valence-corrected chi connectivity index (χ0v) is 17.2. The van der Waals surface area contributed by atoms with Crippen LogP contribution in [-0.2, 0) is 10.0 Å². The van der Waals surface area contributed by atoms with E-state index in [1.807, 2.05) is 35.2 Å². The highest BCUT2D eigenvalue weighted by atomic mass is 32.2. The van der Waals surface area contributed by atoms with E-state index >= 15 is 0 Å². The van der Waals surface area contributed by atoms with E-state index in [4.69, 9.17) is 0 Å². The van der Waals surface area contributed by atoms with Crippen LogP contribution in [0.2, 0.25) is 0 Å². The first-order chi connectivity index (χ1) is 14.0. The minimum absolute atomic E-state index is 0.0463. The summed E-state index contributed by atoms with van der Waals surface area (Å²) in [6, 6.07) is 20.0. The molecule has 0 spiro atoms. The monoisotopic (exact) mass is 427 g/mol. The third-order valence-corrected chi connectivity index (χ3v) is 7.54. The lowest BCUT2D eigenvalue weighted by Crippen LogP contribution is -2.31. The van der Waals surface area contributed by atoms with Gasteiger partial charge in [-0.25, -0.2) is 8.42 Å². The van der Waals surface area contributed by atoms with Crippen LogP contribution >= 0.6 is 11.3 Å². The van der Waals surface area contributed by atoms with Gasteiger partial charge in [0.1, 0.15) is 4.21 Å². The Balaban J connectivity index is 1.37. The van der Waals surface area contributed by atoms with E-state index in [-0.39, 0.29) is 16.2 Å². The largest absolute Gasteiger partial charge is 0.380 e. The second-order valence-electron chi connectivity index (χ2n) is 6.86. The molecule has 2 N–H and O–H groups in total. The summed E-state index contributed by atoms with van der Waals surface area (Å²) in [5, 5.41) is 5.17. The molecule has 1 fully saturated rings. The van der Waals surface area contributed by atoms with Crippen molar-refractivity contribution in [3.63, 3.8) is 0 Å². The standard InChI is InChI=1S/C21H21N3O3S2/c25-21(24-13-12-19(15-24)22-17-5-2-1-3-6-17)16-8-10-18(11-9-16)23-29(26,27)20-7-4-14-28-20/h1-11,14,19,22-23H,12-13,15H2. The van der Waals surface area contributed by atoms with Crippen molar-refractivity contribution in [1.29, 1.82) is 0 Å². The molecule has 4 rings (SSSR count). The van der Waals surface area contributed by atoms with Crippen LogP contribution in [0.4, 0.5) is 11.4 Å². The average molecular weight is 428 g/mol. The van der Waals surface area contributed by atoms with Crippen molar-refractivity contribution in [1.82, 2.24) is 4.90 Å².